The van der Waals surface area contributed by atoms with Gasteiger partial charge in [-0.15, -0.1) is 0 Å². The molecule has 1 spiro atoms. The van der Waals surface area contributed by atoms with Gasteiger partial charge in [-0.3, -0.25) is 0 Å². The number of hydrogen-bond donors (Lipinski definition) is 0. The van der Waals surface area contributed by atoms with Crippen molar-refractivity contribution in [2.45, 2.75) is 71.6 Å². The Morgan fingerprint density at radius 3 is 2.37 bits per heavy atom. The molecule has 152 valence electrons. The Labute approximate surface area is 174 Å². The lowest BCUT2D eigenvalue weighted by Gasteiger charge is -2.68. The van der Waals surface area contributed by atoms with Crippen LogP contribution in [0.1, 0.15) is 41.5 Å². The minimum absolute atomic E-state index is 0.00737. The van der Waals surface area contributed by atoms with Crippen LogP contribution < -0.4 is 0 Å². The Morgan fingerprint density at radius 1 is 1.19 bits per heavy atom. The largest absolute Gasteiger partial charge is 0.407 e. The fraction of sp³-hybridized carbons (Fsp3) is 0.818. The number of hydrogen-bond acceptors (Lipinski definition) is 3. The number of halogens is 1. The molecule has 0 unspecified atom stereocenters. The third-order valence-electron chi connectivity index (χ3n) is 9.29. The lowest BCUT2D eigenvalue weighted by atomic mass is 9.40. The van der Waals surface area contributed by atoms with Gasteiger partial charge in [0.1, 0.15) is 6.10 Å². The van der Waals surface area contributed by atoms with Crippen molar-refractivity contribution >= 4 is 24.2 Å². The van der Waals surface area contributed by atoms with Crippen LogP contribution in [0.3, 0.4) is 0 Å². The summed E-state index contributed by atoms with van der Waals surface area (Å²) >= 11 is 3.98. The van der Waals surface area contributed by atoms with Crippen molar-refractivity contribution in [1.29, 1.82) is 0 Å². The van der Waals surface area contributed by atoms with E-state index < -0.39 is 14.1 Å². The smallest absolute Gasteiger partial charge is 0.204 e. The predicted octanol–water partition coefficient (Wildman–Crippen LogP) is 5.88. The van der Waals surface area contributed by atoms with E-state index in [0.29, 0.717) is 18.4 Å². The molecule has 4 aliphatic carbocycles. The molecule has 2 fully saturated rings. The third kappa shape index (κ3) is 1.94. The molecular formula is C22H35BrO3Si. The molecule has 3 nitrogen and oxygen atoms in total. The molecular weight excluding hydrogens is 420 g/mol. The maximum Gasteiger partial charge on any atom is 0.204 e. The van der Waals surface area contributed by atoms with Gasteiger partial charge in [0, 0.05) is 22.4 Å². The Kier molecular flexibility index (Phi) is 4.55. The number of rotatable bonds is 6. The maximum absolute atomic E-state index is 7.30. The number of allylic oxidation sites excluding steroid dienone is 2. The van der Waals surface area contributed by atoms with E-state index in [1.165, 1.54) is 4.48 Å². The molecule has 0 aromatic carbocycles. The Morgan fingerprint density at radius 2 is 1.81 bits per heavy atom. The number of ether oxygens (including phenoxy) is 2. The van der Waals surface area contributed by atoms with E-state index in [9.17, 15) is 0 Å². The monoisotopic (exact) mass is 454 g/mol. The molecule has 0 N–H and O–H groups in total. The van der Waals surface area contributed by atoms with E-state index in [4.69, 9.17) is 13.9 Å². The average Bonchev–Trinajstić information content (AvgIpc) is 3.10. The number of methoxy groups -OCH3 is 1. The van der Waals surface area contributed by atoms with Crippen LogP contribution >= 0.6 is 15.9 Å². The van der Waals surface area contributed by atoms with Gasteiger partial charge in [0.15, 0.2) is 8.32 Å². The lowest BCUT2D eigenvalue weighted by molar-refractivity contribution is -0.326. The van der Waals surface area contributed by atoms with Gasteiger partial charge >= 0.3 is 0 Å². The van der Waals surface area contributed by atoms with Crippen molar-refractivity contribution in [3.63, 3.8) is 0 Å². The molecule has 5 rings (SSSR count). The second kappa shape index (κ2) is 6.04. The normalized spacial score (nSPS) is 50.2. The van der Waals surface area contributed by atoms with Gasteiger partial charge in [-0.25, -0.2) is 0 Å². The molecule has 1 aliphatic heterocycles. The standard InChI is InChI=1S/C22H35BrO3Si/c1-8-27(9-2,10-3)26-18-21-13-17(23)20(6)19(5,14-25-22(18,20)24-7)16(21)12-11-15(21)4/h11-13,15-16,18H,8-10,14H2,1-7H3/t15-,16-,18-,19+,20-,21-,22+/m0/s1. The summed E-state index contributed by atoms with van der Waals surface area (Å²) in [5.41, 5.74) is -0.363. The minimum atomic E-state index is -1.85. The highest BCUT2D eigenvalue weighted by Gasteiger charge is 2.84. The van der Waals surface area contributed by atoms with Crippen molar-refractivity contribution in [1.82, 2.24) is 0 Å². The quantitative estimate of drug-likeness (QED) is 0.370. The molecule has 1 saturated heterocycles. The van der Waals surface area contributed by atoms with Crippen LogP contribution in [0.15, 0.2) is 22.7 Å². The van der Waals surface area contributed by atoms with Gasteiger partial charge in [0.25, 0.3) is 0 Å². The second-order valence-corrected chi connectivity index (χ2v) is 15.2. The Bertz CT molecular complexity index is 695. The summed E-state index contributed by atoms with van der Waals surface area (Å²) in [6.45, 7) is 14.7. The summed E-state index contributed by atoms with van der Waals surface area (Å²) in [5.74, 6) is 0.0845. The SMILES string of the molecule is CC[Si](CC)(CC)O[C@H]1[C@]23C=C(Br)[C@]4(C)[C@]1(OC)OC[C@]4(C)[C@@H]2C=C[C@@H]3C. The fourth-order valence-corrected chi connectivity index (χ4v) is 11.0. The third-order valence-corrected chi connectivity index (χ3v) is 14.9. The summed E-state index contributed by atoms with van der Waals surface area (Å²) in [5, 5.41) is 0. The average molecular weight is 456 g/mol. The van der Waals surface area contributed by atoms with E-state index in [1.807, 2.05) is 7.11 Å². The molecule has 0 aromatic rings. The van der Waals surface area contributed by atoms with Crippen molar-refractivity contribution < 1.29 is 13.9 Å². The van der Waals surface area contributed by atoms with Crippen molar-refractivity contribution in [3.8, 4) is 0 Å². The first-order chi connectivity index (χ1) is 12.7. The van der Waals surface area contributed by atoms with E-state index in [1.54, 1.807) is 0 Å². The zero-order valence-corrected chi connectivity index (χ0v) is 20.5. The van der Waals surface area contributed by atoms with Crippen molar-refractivity contribution in [3.05, 3.63) is 22.7 Å². The van der Waals surface area contributed by atoms with Crippen molar-refractivity contribution in [2.24, 2.45) is 28.1 Å². The molecule has 27 heavy (non-hydrogen) atoms. The zero-order valence-electron chi connectivity index (χ0n) is 17.9. The first-order valence-corrected chi connectivity index (χ1v) is 13.9. The van der Waals surface area contributed by atoms with Gasteiger partial charge < -0.3 is 13.9 Å². The van der Waals surface area contributed by atoms with Crippen LogP contribution in [0.25, 0.3) is 0 Å². The Hall–Kier alpha value is 0.0569. The molecule has 1 heterocycles. The molecule has 0 amide bonds. The lowest BCUT2D eigenvalue weighted by Crippen LogP contribution is -2.75. The van der Waals surface area contributed by atoms with E-state index in [2.05, 4.69) is 75.7 Å². The van der Waals surface area contributed by atoms with Gasteiger partial charge in [-0.05, 0) is 36.9 Å². The summed E-state index contributed by atoms with van der Waals surface area (Å²) in [7, 11) is -0.0319. The van der Waals surface area contributed by atoms with Gasteiger partial charge in [0.05, 0.1) is 12.0 Å². The molecule has 5 aliphatic rings. The van der Waals surface area contributed by atoms with E-state index in [-0.39, 0.29) is 22.3 Å². The first kappa shape index (κ1) is 20.3. The molecule has 5 heteroatoms. The predicted molar refractivity (Wildman–Crippen MR) is 115 cm³/mol. The summed E-state index contributed by atoms with van der Waals surface area (Å²) in [4.78, 5) is 0. The highest BCUT2D eigenvalue weighted by molar-refractivity contribution is 9.11. The highest BCUT2D eigenvalue weighted by atomic mass is 79.9. The van der Waals surface area contributed by atoms with E-state index >= 15 is 0 Å². The van der Waals surface area contributed by atoms with Crippen LogP contribution in [-0.2, 0) is 13.9 Å². The van der Waals surface area contributed by atoms with E-state index in [0.717, 1.165) is 18.1 Å². The first-order valence-electron chi connectivity index (χ1n) is 10.6. The molecule has 0 aromatic heterocycles. The van der Waals surface area contributed by atoms with Gasteiger partial charge in [-0.2, -0.15) is 0 Å². The van der Waals surface area contributed by atoms with Gasteiger partial charge in [0.2, 0.25) is 5.79 Å². The van der Waals surface area contributed by atoms with Crippen LogP contribution in [0.5, 0.6) is 0 Å². The van der Waals surface area contributed by atoms with Crippen LogP contribution in [0, 0.1) is 28.1 Å². The second-order valence-electron chi connectivity index (χ2n) is 9.59. The van der Waals surface area contributed by atoms with Crippen molar-refractivity contribution in [2.75, 3.05) is 13.7 Å². The topological polar surface area (TPSA) is 27.7 Å². The minimum Gasteiger partial charge on any atom is -0.407 e. The van der Waals surface area contributed by atoms with Gasteiger partial charge in [-0.1, -0.05) is 68.8 Å². The molecule has 7 atom stereocenters. The summed E-state index contributed by atoms with van der Waals surface area (Å²) in [6, 6.07) is 3.41. The molecule has 0 radical (unpaired) electrons. The van der Waals surface area contributed by atoms with Crippen LogP contribution in [-0.4, -0.2) is 33.9 Å². The highest BCUT2D eigenvalue weighted by Crippen LogP contribution is 2.80. The maximum atomic E-state index is 7.30. The molecule has 4 bridgehead atoms. The fourth-order valence-electron chi connectivity index (χ4n) is 6.97. The summed E-state index contributed by atoms with van der Waals surface area (Å²) in [6.07, 6.45) is 7.28. The van der Waals surface area contributed by atoms with Crippen LogP contribution in [0.2, 0.25) is 18.1 Å². The van der Waals surface area contributed by atoms with Crippen LogP contribution in [0.4, 0.5) is 0 Å². The Balaban J connectivity index is 1.97. The summed E-state index contributed by atoms with van der Waals surface area (Å²) < 4.78 is 21.6. The molecule has 1 saturated carbocycles. The zero-order chi connectivity index (χ0) is 19.9.